The molecule has 1 saturated carbocycles. The van der Waals surface area contributed by atoms with Crippen LogP contribution in [-0.2, 0) is 23.2 Å². The van der Waals surface area contributed by atoms with E-state index >= 15 is 0 Å². The minimum atomic E-state index is -1.33. The van der Waals surface area contributed by atoms with E-state index in [2.05, 4.69) is 35.3 Å². The quantitative estimate of drug-likeness (QED) is 0.531. The van der Waals surface area contributed by atoms with Crippen molar-refractivity contribution in [3.63, 3.8) is 0 Å². The summed E-state index contributed by atoms with van der Waals surface area (Å²) in [4.78, 5) is 35.7. The van der Waals surface area contributed by atoms with Gasteiger partial charge >= 0.3 is 0 Å². The van der Waals surface area contributed by atoms with Crippen molar-refractivity contribution in [2.24, 2.45) is 0 Å². The number of rotatable bonds is 5. The molecule has 6 nitrogen and oxygen atoms in total. The standard InChI is InChI=1S/C29H28ClN3O3/c30-22-10-4-8-20(16-22)25(34)27(36)33-14-11-24-23(17-33)26(35)32-28(31-24)29(12-13-29)21-9-3-7-19(15-21)18-5-1-2-6-18/h3-5,7-10,15-16,25,34H,1-2,6,11-14,17H2,(H,31,32,35)/t25-/m1/s1. The topological polar surface area (TPSA) is 86.3 Å². The highest BCUT2D eigenvalue weighted by molar-refractivity contribution is 6.30. The number of benzene rings is 2. The molecule has 1 aliphatic heterocycles. The van der Waals surface area contributed by atoms with E-state index in [1.54, 1.807) is 24.3 Å². The SMILES string of the molecule is O=C([C@H](O)c1cccc(Cl)c1)N1CCc2nc(C3(c4cccc(C5=CCCC5)c4)CC3)[nH]c(=O)c2C1. The molecule has 6 rings (SSSR count). The number of aromatic amines is 1. The summed E-state index contributed by atoms with van der Waals surface area (Å²) in [5.41, 5.74) is 5.10. The van der Waals surface area contributed by atoms with Crippen LogP contribution in [0.5, 0.6) is 0 Å². The van der Waals surface area contributed by atoms with Gasteiger partial charge in [0.05, 0.1) is 23.2 Å². The molecule has 2 aliphatic carbocycles. The van der Waals surface area contributed by atoms with Crippen molar-refractivity contribution >= 4 is 23.1 Å². The van der Waals surface area contributed by atoms with Gasteiger partial charge in [0.2, 0.25) is 0 Å². The second-order valence-electron chi connectivity index (χ2n) is 10.1. The number of carbonyl (C=O) groups excluding carboxylic acids is 1. The fourth-order valence-electron chi connectivity index (χ4n) is 5.57. The first-order valence-corrected chi connectivity index (χ1v) is 13.0. The number of nitrogens with zero attached hydrogens (tertiary/aromatic N) is 2. The van der Waals surface area contributed by atoms with Crippen molar-refractivity contribution in [1.29, 1.82) is 0 Å². The molecule has 0 saturated heterocycles. The summed E-state index contributed by atoms with van der Waals surface area (Å²) in [6.07, 6.45) is 6.85. The van der Waals surface area contributed by atoms with Crippen LogP contribution in [-0.4, -0.2) is 32.4 Å². The normalized spacial score (nSPS) is 18.9. The number of hydrogen-bond donors (Lipinski definition) is 2. The Morgan fingerprint density at radius 2 is 1.97 bits per heavy atom. The van der Waals surface area contributed by atoms with E-state index in [-0.39, 0.29) is 17.5 Å². The zero-order valence-electron chi connectivity index (χ0n) is 20.0. The van der Waals surface area contributed by atoms with Crippen LogP contribution >= 0.6 is 11.6 Å². The molecule has 1 fully saturated rings. The van der Waals surface area contributed by atoms with Gasteiger partial charge in [-0.05, 0) is 66.5 Å². The van der Waals surface area contributed by atoms with Gasteiger partial charge in [-0.3, -0.25) is 9.59 Å². The minimum Gasteiger partial charge on any atom is -0.378 e. The van der Waals surface area contributed by atoms with Crippen LogP contribution in [0.3, 0.4) is 0 Å². The minimum absolute atomic E-state index is 0.130. The molecule has 184 valence electrons. The van der Waals surface area contributed by atoms with Crippen LogP contribution in [0.1, 0.15) is 72.0 Å². The predicted molar refractivity (Wildman–Crippen MR) is 139 cm³/mol. The highest BCUT2D eigenvalue weighted by Gasteiger charge is 2.49. The second-order valence-corrected chi connectivity index (χ2v) is 10.5. The first-order chi connectivity index (χ1) is 17.4. The van der Waals surface area contributed by atoms with Gasteiger partial charge in [0.25, 0.3) is 11.5 Å². The van der Waals surface area contributed by atoms with Crippen molar-refractivity contribution in [2.45, 2.75) is 56.6 Å². The average Bonchev–Trinajstić information content (AvgIpc) is 3.53. The number of allylic oxidation sites excluding steroid dienone is 2. The highest BCUT2D eigenvalue weighted by atomic mass is 35.5. The number of H-pyrrole nitrogens is 1. The molecule has 2 aromatic carbocycles. The van der Waals surface area contributed by atoms with E-state index in [1.165, 1.54) is 28.0 Å². The molecule has 2 N–H and O–H groups in total. The van der Waals surface area contributed by atoms with Gasteiger partial charge < -0.3 is 15.0 Å². The molecule has 2 heterocycles. The lowest BCUT2D eigenvalue weighted by Crippen LogP contribution is -2.42. The molecule has 0 bridgehead atoms. The van der Waals surface area contributed by atoms with Crippen molar-refractivity contribution in [1.82, 2.24) is 14.9 Å². The number of carbonyl (C=O) groups is 1. The molecular weight excluding hydrogens is 474 g/mol. The molecule has 0 unspecified atom stereocenters. The van der Waals surface area contributed by atoms with Crippen LogP contribution in [0.2, 0.25) is 5.02 Å². The van der Waals surface area contributed by atoms with E-state index in [0.717, 1.165) is 37.2 Å². The van der Waals surface area contributed by atoms with E-state index in [4.69, 9.17) is 16.6 Å². The molecule has 3 aliphatic rings. The van der Waals surface area contributed by atoms with E-state index < -0.39 is 12.0 Å². The van der Waals surface area contributed by atoms with E-state index in [9.17, 15) is 14.7 Å². The molecule has 0 spiro atoms. The Morgan fingerprint density at radius 3 is 2.72 bits per heavy atom. The molecule has 36 heavy (non-hydrogen) atoms. The van der Waals surface area contributed by atoms with Crippen molar-refractivity contribution in [3.05, 3.63) is 104 Å². The summed E-state index contributed by atoms with van der Waals surface area (Å²) in [5.74, 6) is 0.283. The second kappa shape index (κ2) is 9.02. The summed E-state index contributed by atoms with van der Waals surface area (Å²) in [7, 11) is 0. The van der Waals surface area contributed by atoms with Crippen LogP contribution in [0.25, 0.3) is 5.57 Å². The fourth-order valence-corrected chi connectivity index (χ4v) is 5.77. The summed E-state index contributed by atoms with van der Waals surface area (Å²) < 4.78 is 0. The Labute approximate surface area is 214 Å². The number of aromatic nitrogens is 2. The van der Waals surface area contributed by atoms with Crippen molar-refractivity contribution < 1.29 is 9.90 Å². The molecule has 1 atom stereocenters. The number of aliphatic hydroxyl groups excluding tert-OH is 1. The van der Waals surface area contributed by atoms with Crippen LogP contribution in [0, 0.1) is 0 Å². The summed E-state index contributed by atoms with van der Waals surface area (Å²) in [6.45, 7) is 0.529. The number of amides is 1. The Hall–Kier alpha value is -3.22. The maximum Gasteiger partial charge on any atom is 0.256 e. The fraction of sp³-hybridized carbons (Fsp3) is 0.345. The lowest BCUT2D eigenvalue weighted by molar-refractivity contribution is -0.141. The Bertz CT molecular complexity index is 1440. The van der Waals surface area contributed by atoms with Gasteiger partial charge in [0, 0.05) is 18.0 Å². The lowest BCUT2D eigenvalue weighted by atomic mass is 9.91. The third kappa shape index (κ3) is 4.08. The number of fused-ring (bicyclic) bond motifs is 1. The Kier molecular flexibility index (Phi) is 5.81. The Balaban J connectivity index is 1.26. The first-order valence-electron chi connectivity index (χ1n) is 12.6. The summed E-state index contributed by atoms with van der Waals surface area (Å²) >= 11 is 6.02. The highest BCUT2D eigenvalue weighted by Crippen LogP contribution is 2.52. The zero-order chi connectivity index (χ0) is 24.9. The first kappa shape index (κ1) is 23.2. The molecule has 0 radical (unpaired) electrons. The van der Waals surface area contributed by atoms with Gasteiger partial charge in [-0.25, -0.2) is 4.98 Å². The van der Waals surface area contributed by atoms with Crippen LogP contribution < -0.4 is 5.56 Å². The summed E-state index contributed by atoms with van der Waals surface area (Å²) in [5, 5.41) is 11.1. The average molecular weight is 502 g/mol. The predicted octanol–water partition coefficient (Wildman–Crippen LogP) is 4.69. The van der Waals surface area contributed by atoms with Gasteiger partial charge in [0.1, 0.15) is 5.82 Å². The van der Waals surface area contributed by atoms with Crippen molar-refractivity contribution in [2.75, 3.05) is 6.54 Å². The number of aliphatic hydroxyl groups is 1. The molecule has 3 aromatic rings. The van der Waals surface area contributed by atoms with Crippen LogP contribution in [0.4, 0.5) is 0 Å². The Morgan fingerprint density at radius 1 is 1.14 bits per heavy atom. The number of halogens is 1. The monoisotopic (exact) mass is 501 g/mol. The third-order valence-electron chi connectivity index (χ3n) is 7.81. The van der Waals surface area contributed by atoms with Crippen molar-refractivity contribution in [3.8, 4) is 0 Å². The molecule has 1 aromatic heterocycles. The van der Waals surface area contributed by atoms with Gasteiger partial charge in [-0.2, -0.15) is 0 Å². The molecule has 1 amide bonds. The lowest BCUT2D eigenvalue weighted by Gasteiger charge is -2.30. The number of nitrogens with one attached hydrogen (secondary N) is 1. The van der Waals surface area contributed by atoms with E-state index in [0.29, 0.717) is 29.1 Å². The number of hydrogen-bond acceptors (Lipinski definition) is 4. The van der Waals surface area contributed by atoms with Crippen LogP contribution in [0.15, 0.2) is 59.4 Å². The van der Waals surface area contributed by atoms with Gasteiger partial charge in [-0.15, -0.1) is 0 Å². The maximum absolute atomic E-state index is 13.2. The summed E-state index contributed by atoms with van der Waals surface area (Å²) in [6, 6.07) is 15.3. The zero-order valence-corrected chi connectivity index (χ0v) is 20.7. The largest absolute Gasteiger partial charge is 0.378 e. The van der Waals surface area contributed by atoms with E-state index in [1.807, 2.05) is 0 Å². The third-order valence-corrected chi connectivity index (χ3v) is 8.04. The van der Waals surface area contributed by atoms with Gasteiger partial charge in [-0.1, -0.05) is 54.1 Å². The maximum atomic E-state index is 13.2. The smallest absolute Gasteiger partial charge is 0.256 e. The molecule has 7 heteroatoms. The van der Waals surface area contributed by atoms with Gasteiger partial charge in [0.15, 0.2) is 6.10 Å². The molecular formula is C29H28ClN3O3.